The zero-order chi connectivity index (χ0) is 13.1. The Balaban J connectivity index is 2.24. The molecule has 0 aromatic carbocycles. The third-order valence-corrected chi connectivity index (χ3v) is 3.92. The lowest BCUT2D eigenvalue weighted by atomic mass is 9.97. The molecule has 0 saturated carbocycles. The van der Waals surface area contributed by atoms with E-state index >= 15 is 0 Å². The summed E-state index contributed by atoms with van der Waals surface area (Å²) in [6.45, 7) is 7.19. The number of hydrogen-bond acceptors (Lipinski definition) is 5. The van der Waals surface area contributed by atoms with Gasteiger partial charge in [0, 0.05) is 18.6 Å². The average molecular weight is 249 g/mol. The van der Waals surface area contributed by atoms with Crippen LogP contribution in [0.15, 0.2) is 0 Å². The third-order valence-electron chi connectivity index (χ3n) is 3.92. The van der Waals surface area contributed by atoms with Gasteiger partial charge < -0.3 is 10.2 Å². The Morgan fingerprint density at radius 1 is 1.22 bits per heavy atom. The minimum atomic E-state index is 0.440. The summed E-state index contributed by atoms with van der Waals surface area (Å²) in [6, 6.07) is 0.906. The molecule has 5 heteroatoms. The monoisotopic (exact) mass is 249 g/mol. The summed E-state index contributed by atoms with van der Waals surface area (Å²) in [5, 5.41) is 11.8. The highest BCUT2D eigenvalue weighted by Crippen LogP contribution is 2.23. The van der Waals surface area contributed by atoms with E-state index in [0.29, 0.717) is 12.1 Å². The third kappa shape index (κ3) is 2.61. The van der Waals surface area contributed by atoms with E-state index in [1.807, 2.05) is 20.9 Å². The van der Waals surface area contributed by atoms with Crippen molar-refractivity contribution in [2.24, 2.45) is 0 Å². The fraction of sp³-hybridized carbons (Fsp3) is 0.769. The molecular weight excluding hydrogens is 226 g/mol. The van der Waals surface area contributed by atoms with Gasteiger partial charge in [0.15, 0.2) is 0 Å². The van der Waals surface area contributed by atoms with Gasteiger partial charge in [-0.3, -0.25) is 0 Å². The predicted octanol–water partition coefficient (Wildman–Crippen LogP) is 1.46. The lowest BCUT2D eigenvalue weighted by molar-refractivity contribution is 0.376. The van der Waals surface area contributed by atoms with Gasteiger partial charge in [-0.15, -0.1) is 5.10 Å². The summed E-state index contributed by atoms with van der Waals surface area (Å²) >= 11 is 0. The fourth-order valence-corrected chi connectivity index (χ4v) is 2.48. The summed E-state index contributed by atoms with van der Waals surface area (Å²) in [4.78, 5) is 6.90. The first-order chi connectivity index (χ1) is 8.63. The van der Waals surface area contributed by atoms with E-state index < -0.39 is 0 Å². The van der Waals surface area contributed by atoms with Crippen LogP contribution >= 0.6 is 0 Å². The molecule has 100 valence electrons. The number of nitrogens with one attached hydrogen (secondary N) is 1. The van der Waals surface area contributed by atoms with E-state index in [4.69, 9.17) is 0 Å². The van der Waals surface area contributed by atoms with Gasteiger partial charge in [-0.2, -0.15) is 5.10 Å². The smallest absolute Gasteiger partial charge is 0.245 e. The van der Waals surface area contributed by atoms with E-state index in [0.717, 1.165) is 23.9 Å². The molecule has 1 N–H and O–H groups in total. The van der Waals surface area contributed by atoms with E-state index in [1.54, 1.807) is 0 Å². The van der Waals surface area contributed by atoms with Gasteiger partial charge >= 0.3 is 0 Å². The Hall–Kier alpha value is -1.23. The molecule has 0 spiro atoms. The van der Waals surface area contributed by atoms with Crippen molar-refractivity contribution in [2.45, 2.75) is 52.1 Å². The molecule has 0 aliphatic carbocycles. The average Bonchev–Trinajstić information content (AvgIpc) is 2.41. The number of aromatic nitrogens is 3. The Morgan fingerprint density at radius 3 is 2.67 bits per heavy atom. The molecule has 1 saturated heterocycles. The second-order valence-corrected chi connectivity index (χ2v) is 5.12. The Labute approximate surface area is 109 Å². The normalized spacial score (nSPS) is 22.0. The topological polar surface area (TPSA) is 53.9 Å². The van der Waals surface area contributed by atoms with Crippen molar-refractivity contribution < 1.29 is 0 Å². The maximum absolute atomic E-state index is 4.59. The SMILES string of the molecule is CNC(C)C1CCCCN1c1nnc(C)c(C)n1. The van der Waals surface area contributed by atoms with Crippen molar-refractivity contribution in [3.8, 4) is 0 Å². The zero-order valence-electron chi connectivity index (χ0n) is 11.8. The zero-order valence-corrected chi connectivity index (χ0v) is 11.8. The van der Waals surface area contributed by atoms with Gasteiger partial charge in [-0.1, -0.05) is 0 Å². The van der Waals surface area contributed by atoms with Crippen LogP contribution in [0.4, 0.5) is 5.95 Å². The first kappa shape index (κ1) is 13.2. The summed E-state index contributed by atoms with van der Waals surface area (Å²) in [6.07, 6.45) is 3.69. The van der Waals surface area contributed by atoms with Crippen molar-refractivity contribution >= 4 is 5.95 Å². The van der Waals surface area contributed by atoms with E-state index in [9.17, 15) is 0 Å². The summed E-state index contributed by atoms with van der Waals surface area (Å²) in [5.41, 5.74) is 1.88. The number of aryl methyl sites for hydroxylation is 2. The van der Waals surface area contributed by atoms with Gasteiger partial charge in [0.2, 0.25) is 5.95 Å². The van der Waals surface area contributed by atoms with Crippen LogP contribution < -0.4 is 10.2 Å². The van der Waals surface area contributed by atoms with Crippen LogP contribution in [0.25, 0.3) is 0 Å². The lowest BCUT2D eigenvalue weighted by Crippen LogP contribution is -2.51. The van der Waals surface area contributed by atoms with Gasteiger partial charge in [0.25, 0.3) is 0 Å². The number of hydrogen-bond donors (Lipinski definition) is 1. The van der Waals surface area contributed by atoms with Gasteiger partial charge in [-0.05, 0) is 47.1 Å². The number of nitrogens with zero attached hydrogens (tertiary/aromatic N) is 4. The molecular formula is C13H23N5. The Bertz CT molecular complexity index is 406. The summed E-state index contributed by atoms with van der Waals surface area (Å²) < 4.78 is 0. The number of likely N-dealkylation sites (N-methyl/N-ethyl adjacent to an activating group) is 1. The van der Waals surface area contributed by atoms with Crippen LogP contribution in [-0.2, 0) is 0 Å². The molecule has 5 nitrogen and oxygen atoms in total. The largest absolute Gasteiger partial charge is 0.335 e. The van der Waals surface area contributed by atoms with Gasteiger partial charge in [-0.25, -0.2) is 4.98 Å². The maximum atomic E-state index is 4.59. The molecule has 2 atom stereocenters. The molecule has 1 aliphatic rings. The summed E-state index contributed by atoms with van der Waals surface area (Å²) in [5.74, 6) is 0.782. The lowest BCUT2D eigenvalue weighted by Gasteiger charge is -2.39. The fourth-order valence-electron chi connectivity index (χ4n) is 2.48. The molecule has 18 heavy (non-hydrogen) atoms. The maximum Gasteiger partial charge on any atom is 0.245 e. The molecule has 1 aliphatic heterocycles. The van der Waals surface area contributed by atoms with Crippen LogP contribution in [0.1, 0.15) is 37.6 Å². The predicted molar refractivity (Wildman–Crippen MR) is 72.8 cm³/mol. The molecule has 0 bridgehead atoms. The van der Waals surface area contributed by atoms with Crippen LogP contribution in [-0.4, -0.2) is 40.9 Å². The standard InChI is InChI=1S/C13H23N5/c1-9-10(2)16-17-13(15-9)18-8-6-5-7-12(18)11(3)14-4/h11-12,14H,5-8H2,1-4H3. The second-order valence-electron chi connectivity index (χ2n) is 5.12. The molecule has 1 fully saturated rings. The Kier molecular flexibility index (Phi) is 4.11. The minimum absolute atomic E-state index is 0.440. The van der Waals surface area contributed by atoms with Crippen LogP contribution in [0.5, 0.6) is 0 Å². The highest BCUT2D eigenvalue weighted by molar-refractivity contribution is 5.33. The van der Waals surface area contributed by atoms with Crippen LogP contribution in [0.2, 0.25) is 0 Å². The quantitative estimate of drug-likeness (QED) is 0.879. The van der Waals surface area contributed by atoms with Crippen LogP contribution in [0, 0.1) is 13.8 Å². The number of rotatable bonds is 3. The first-order valence-electron chi connectivity index (χ1n) is 6.75. The molecule has 1 aromatic rings. The second kappa shape index (κ2) is 5.61. The van der Waals surface area contributed by atoms with Gasteiger partial charge in [0.1, 0.15) is 0 Å². The van der Waals surface area contributed by atoms with Crippen molar-refractivity contribution in [3.63, 3.8) is 0 Å². The van der Waals surface area contributed by atoms with E-state index in [1.165, 1.54) is 19.3 Å². The van der Waals surface area contributed by atoms with Crippen molar-refractivity contribution in [1.82, 2.24) is 20.5 Å². The van der Waals surface area contributed by atoms with Crippen LogP contribution in [0.3, 0.4) is 0 Å². The van der Waals surface area contributed by atoms with E-state index in [-0.39, 0.29) is 0 Å². The van der Waals surface area contributed by atoms with Crippen molar-refractivity contribution in [3.05, 3.63) is 11.4 Å². The molecule has 2 heterocycles. The molecule has 0 radical (unpaired) electrons. The molecule has 2 rings (SSSR count). The van der Waals surface area contributed by atoms with E-state index in [2.05, 4.69) is 32.3 Å². The van der Waals surface area contributed by atoms with Gasteiger partial charge in [0.05, 0.1) is 11.4 Å². The molecule has 2 unspecified atom stereocenters. The van der Waals surface area contributed by atoms with Crippen molar-refractivity contribution in [1.29, 1.82) is 0 Å². The number of anilines is 1. The molecule has 1 aromatic heterocycles. The highest BCUT2D eigenvalue weighted by Gasteiger charge is 2.28. The highest BCUT2D eigenvalue weighted by atomic mass is 15.3. The minimum Gasteiger partial charge on any atom is -0.335 e. The van der Waals surface area contributed by atoms with Crippen molar-refractivity contribution in [2.75, 3.05) is 18.5 Å². The Morgan fingerprint density at radius 2 is 2.00 bits per heavy atom. The first-order valence-corrected chi connectivity index (χ1v) is 6.75. The summed E-state index contributed by atoms with van der Waals surface area (Å²) in [7, 11) is 2.01. The number of piperidine rings is 1. The molecule has 0 amide bonds.